The molecule has 0 fully saturated rings. The summed E-state index contributed by atoms with van der Waals surface area (Å²) in [6.45, 7) is 1.40. The van der Waals surface area contributed by atoms with E-state index >= 15 is 0 Å². The van der Waals surface area contributed by atoms with E-state index in [1.165, 1.54) is 0 Å². The van der Waals surface area contributed by atoms with Crippen molar-refractivity contribution in [1.29, 1.82) is 5.26 Å². The van der Waals surface area contributed by atoms with Gasteiger partial charge in [-0.1, -0.05) is 18.2 Å². The molecule has 1 aliphatic carbocycles. The van der Waals surface area contributed by atoms with Crippen LogP contribution in [0, 0.1) is 11.3 Å². The number of carbonyl (C=O) groups is 1. The van der Waals surface area contributed by atoms with Crippen LogP contribution in [-0.2, 0) is 19.3 Å². The lowest BCUT2D eigenvalue weighted by atomic mass is 9.84. The summed E-state index contributed by atoms with van der Waals surface area (Å²) in [5.74, 6) is 1.22. The van der Waals surface area contributed by atoms with Gasteiger partial charge in [0.1, 0.15) is 11.8 Å². The van der Waals surface area contributed by atoms with E-state index in [4.69, 9.17) is 14.2 Å². The van der Waals surface area contributed by atoms with Crippen molar-refractivity contribution in [2.24, 2.45) is 0 Å². The van der Waals surface area contributed by atoms with E-state index in [0.29, 0.717) is 29.2 Å². The first kappa shape index (κ1) is 26.1. The lowest BCUT2D eigenvalue weighted by Crippen LogP contribution is -2.39. The Kier molecular flexibility index (Phi) is 7.44. The van der Waals surface area contributed by atoms with Crippen LogP contribution in [0.5, 0.6) is 17.2 Å². The number of fused-ring (bicyclic) bond motifs is 4. The van der Waals surface area contributed by atoms with E-state index in [2.05, 4.69) is 16.4 Å². The molecule has 2 atom stereocenters. The van der Waals surface area contributed by atoms with Crippen molar-refractivity contribution in [1.82, 2.24) is 10.3 Å². The Bertz CT molecular complexity index is 1570. The zero-order valence-corrected chi connectivity index (χ0v) is 22.2. The molecule has 0 saturated carbocycles. The quantitative estimate of drug-likeness (QED) is 0.295. The second kappa shape index (κ2) is 11.1. The van der Waals surface area contributed by atoms with Gasteiger partial charge in [-0.25, -0.2) is 0 Å². The van der Waals surface area contributed by atoms with Gasteiger partial charge in [-0.15, -0.1) is 0 Å². The maximum Gasteiger partial charge on any atom is 0.255 e. The Balaban J connectivity index is 1.51. The van der Waals surface area contributed by atoms with E-state index < -0.39 is 12.1 Å². The summed E-state index contributed by atoms with van der Waals surface area (Å²) in [5, 5.41) is 23.6. The van der Waals surface area contributed by atoms with E-state index in [1.54, 1.807) is 21.1 Å². The van der Waals surface area contributed by atoms with Gasteiger partial charge in [-0.05, 0) is 84.3 Å². The average molecular weight is 526 g/mol. The van der Waals surface area contributed by atoms with Crippen LogP contribution < -0.4 is 19.5 Å². The van der Waals surface area contributed by atoms with E-state index in [0.717, 1.165) is 51.6 Å². The van der Waals surface area contributed by atoms with Crippen LogP contribution >= 0.6 is 0 Å². The molecule has 3 aromatic carbocycles. The average Bonchev–Trinajstić information content (AvgIpc) is 3.37. The van der Waals surface area contributed by atoms with Gasteiger partial charge in [0, 0.05) is 17.1 Å². The molecular weight excluding hydrogens is 494 g/mol. The van der Waals surface area contributed by atoms with Gasteiger partial charge in [-0.2, -0.15) is 5.26 Å². The number of nitrogens with one attached hydrogen (secondary N) is 2. The summed E-state index contributed by atoms with van der Waals surface area (Å²) in [7, 11) is 3.20. The smallest absolute Gasteiger partial charge is 0.255 e. The first-order valence-electron chi connectivity index (χ1n) is 12.9. The number of rotatable bonds is 9. The summed E-state index contributed by atoms with van der Waals surface area (Å²) in [6.07, 6.45) is 3.15. The molecule has 1 aromatic heterocycles. The van der Waals surface area contributed by atoms with Crippen LogP contribution in [0.4, 0.5) is 0 Å². The number of benzene rings is 3. The van der Waals surface area contributed by atoms with Gasteiger partial charge in [0.25, 0.3) is 5.91 Å². The van der Waals surface area contributed by atoms with Gasteiger partial charge < -0.3 is 29.6 Å². The number of carbonyl (C=O) groups excluding carboxylic acids is 1. The molecule has 39 heavy (non-hydrogen) atoms. The standard InChI is InChI=1S/C31H31N3O5/c1-18(15-32)39-28-11-19-8-9-20-12-29(37-2)30(38-3)14-25(20)24(19)13-26(28)31(36)34-22(17-35)10-21-16-33-27-7-5-4-6-23(21)27/h4-7,11-14,16,18,22,33,35H,8-10,17H2,1-3H3,(H,34,36). The molecule has 8 nitrogen and oxygen atoms in total. The highest BCUT2D eigenvalue weighted by atomic mass is 16.5. The lowest BCUT2D eigenvalue weighted by Gasteiger charge is -2.25. The molecule has 0 spiro atoms. The summed E-state index contributed by atoms with van der Waals surface area (Å²) in [4.78, 5) is 16.9. The zero-order chi connectivity index (χ0) is 27.5. The molecular formula is C31H31N3O5. The first-order chi connectivity index (χ1) is 18.9. The number of methoxy groups -OCH3 is 2. The molecule has 0 saturated heterocycles. The minimum Gasteiger partial charge on any atom is -0.493 e. The topological polar surface area (TPSA) is 117 Å². The fourth-order valence-corrected chi connectivity index (χ4v) is 5.21. The summed E-state index contributed by atoms with van der Waals surface area (Å²) in [5.41, 5.74) is 6.27. The zero-order valence-electron chi connectivity index (χ0n) is 22.2. The Morgan fingerprint density at radius 1 is 1.05 bits per heavy atom. The first-order valence-corrected chi connectivity index (χ1v) is 12.9. The highest BCUT2D eigenvalue weighted by Gasteiger charge is 2.26. The SMILES string of the molecule is COc1cc2c(cc1OC)-c1cc(C(=O)NC(CO)Cc3c[nH]c4ccccc34)c(OC(C)C#N)cc1CC2. The highest BCUT2D eigenvalue weighted by Crippen LogP contribution is 2.42. The molecule has 4 aromatic rings. The normalized spacial score (nSPS) is 13.5. The van der Waals surface area contributed by atoms with Gasteiger partial charge >= 0.3 is 0 Å². The number of nitrogens with zero attached hydrogens (tertiary/aromatic N) is 1. The second-order valence-electron chi connectivity index (χ2n) is 9.68. The number of hydrogen-bond donors (Lipinski definition) is 3. The number of nitriles is 1. The maximum absolute atomic E-state index is 13.7. The second-order valence-corrected chi connectivity index (χ2v) is 9.68. The maximum atomic E-state index is 13.7. The largest absolute Gasteiger partial charge is 0.493 e. The fourth-order valence-electron chi connectivity index (χ4n) is 5.21. The van der Waals surface area contributed by atoms with Crippen LogP contribution in [0.15, 0.2) is 54.7 Å². The predicted molar refractivity (Wildman–Crippen MR) is 148 cm³/mol. The van der Waals surface area contributed by atoms with Crippen molar-refractivity contribution in [3.8, 4) is 34.4 Å². The third-order valence-corrected chi connectivity index (χ3v) is 7.20. The Morgan fingerprint density at radius 3 is 2.41 bits per heavy atom. The van der Waals surface area contributed by atoms with E-state index in [9.17, 15) is 15.2 Å². The number of H-pyrrole nitrogens is 1. The molecule has 0 bridgehead atoms. The number of aromatic amines is 1. The van der Waals surface area contributed by atoms with Crippen molar-refractivity contribution in [2.75, 3.05) is 20.8 Å². The van der Waals surface area contributed by atoms with Crippen molar-refractivity contribution >= 4 is 16.8 Å². The van der Waals surface area contributed by atoms with Gasteiger partial charge in [0.2, 0.25) is 0 Å². The third-order valence-electron chi connectivity index (χ3n) is 7.20. The van der Waals surface area contributed by atoms with E-state index in [-0.39, 0.29) is 12.5 Å². The predicted octanol–water partition coefficient (Wildman–Crippen LogP) is 4.57. The van der Waals surface area contributed by atoms with E-state index in [1.807, 2.05) is 54.7 Å². The van der Waals surface area contributed by atoms with Gasteiger partial charge in [0.15, 0.2) is 17.6 Å². The monoisotopic (exact) mass is 525 g/mol. The van der Waals surface area contributed by atoms with Crippen molar-refractivity contribution in [3.05, 3.63) is 77.0 Å². The molecule has 1 heterocycles. The minimum absolute atomic E-state index is 0.235. The molecule has 8 heteroatoms. The van der Waals surface area contributed by atoms with Crippen molar-refractivity contribution in [2.45, 2.75) is 38.3 Å². The number of para-hydroxylation sites is 1. The molecule has 200 valence electrons. The van der Waals surface area contributed by atoms with Crippen LogP contribution in [0.2, 0.25) is 0 Å². The number of ether oxygens (including phenoxy) is 3. The molecule has 1 aliphatic rings. The van der Waals surface area contributed by atoms with Gasteiger partial charge in [0.05, 0.1) is 32.4 Å². The summed E-state index contributed by atoms with van der Waals surface area (Å²) in [6, 6.07) is 17.0. The van der Waals surface area contributed by atoms with Crippen molar-refractivity contribution < 1.29 is 24.1 Å². The number of aliphatic hydroxyl groups is 1. The number of amides is 1. The number of aliphatic hydroxyl groups excluding tert-OH is 1. The number of hydrogen-bond acceptors (Lipinski definition) is 6. The third kappa shape index (κ3) is 5.14. The molecule has 1 amide bonds. The molecule has 2 unspecified atom stereocenters. The number of aromatic nitrogens is 1. The van der Waals surface area contributed by atoms with Crippen molar-refractivity contribution in [3.63, 3.8) is 0 Å². The molecule has 5 rings (SSSR count). The summed E-state index contributed by atoms with van der Waals surface area (Å²) >= 11 is 0. The minimum atomic E-state index is -0.741. The van der Waals surface area contributed by atoms with Crippen LogP contribution in [0.25, 0.3) is 22.0 Å². The number of aryl methyl sites for hydroxylation is 2. The lowest BCUT2D eigenvalue weighted by molar-refractivity contribution is 0.0911. The molecule has 0 radical (unpaired) electrons. The fraction of sp³-hybridized carbons (Fsp3) is 0.290. The van der Waals surface area contributed by atoms with Crippen LogP contribution in [0.1, 0.15) is 34.0 Å². The Morgan fingerprint density at radius 2 is 1.72 bits per heavy atom. The Hall–Kier alpha value is -4.48. The highest BCUT2D eigenvalue weighted by molar-refractivity contribution is 5.99. The van der Waals surface area contributed by atoms with Gasteiger partial charge in [-0.3, -0.25) is 4.79 Å². The molecule has 0 aliphatic heterocycles. The van der Waals surface area contributed by atoms with Crippen LogP contribution in [-0.4, -0.2) is 49.0 Å². The Labute approximate surface area is 227 Å². The van der Waals surface area contributed by atoms with Crippen LogP contribution in [0.3, 0.4) is 0 Å². The molecule has 3 N–H and O–H groups in total. The summed E-state index contributed by atoms with van der Waals surface area (Å²) < 4.78 is 16.9.